The minimum atomic E-state index is 0.569. The molecular weight excluding hydrogens is 146 g/mol. The Morgan fingerprint density at radius 2 is 1.67 bits per heavy atom. The van der Waals surface area contributed by atoms with Crippen LogP contribution in [0.25, 0.3) is 0 Å². The van der Waals surface area contributed by atoms with Gasteiger partial charge in [-0.3, -0.25) is 0 Å². The molecular formula is C11H25N. The fourth-order valence-electron chi connectivity index (χ4n) is 2.21. The van der Waals surface area contributed by atoms with Crippen LogP contribution in [0.5, 0.6) is 0 Å². The third kappa shape index (κ3) is 2.22. The fourth-order valence-corrected chi connectivity index (χ4v) is 2.21. The number of hydrogen-bond donors (Lipinski definition) is 0. The Kier molecular flexibility index (Phi) is 4.84. The summed E-state index contributed by atoms with van der Waals surface area (Å²) in [4.78, 5) is 2.40. The van der Waals surface area contributed by atoms with E-state index in [1.165, 1.54) is 19.3 Å². The van der Waals surface area contributed by atoms with Crippen LogP contribution in [-0.2, 0) is 0 Å². The molecule has 0 aliphatic heterocycles. The van der Waals surface area contributed by atoms with E-state index in [4.69, 9.17) is 0 Å². The first-order chi connectivity index (χ1) is 5.60. The Labute approximate surface area is 78.1 Å². The van der Waals surface area contributed by atoms with Crippen LogP contribution in [0.2, 0.25) is 0 Å². The lowest BCUT2D eigenvalue weighted by Gasteiger charge is -2.51. The van der Waals surface area contributed by atoms with Crippen LogP contribution in [0.4, 0.5) is 0 Å². The first-order valence-electron chi connectivity index (χ1n) is 5.28. The van der Waals surface area contributed by atoms with Gasteiger partial charge in [-0.05, 0) is 39.3 Å². The van der Waals surface area contributed by atoms with Gasteiger partial charge in [0, 0.05) is 5.54 Å². The molecule has 0 amide bonds. The van der Waals surface area contributed by atoms with E-state index < -0.39 is 0 Å². The largest absolute Gasteiger partial charge is 0.304 e. The van der Waals surface area contributed by atoms with Crippen LogP contribution in [0.3, 0.4) is 0 Å². The average Bonchev–Trinajstić information content (AvgIpc) is 2.01. The Morgan fingerprint density at radius 3 is 1.75 bits per heavy atom. The molecule has 1 nitrogen and oxygen atoms in total. The third-order valence-corrected chi connectivity index (χ3v) is 3.06. The molecule has 0 heterocycles. The Balaban J connectivity index is 0.000000561. The molecule has 0 atom stereocenters. The number of hydrogen-bond acceptors (Lipinski definition) is 1. The monoisotopic (exact) mass is 171 g/mol. The molecule has 0 bridgehead atoms. The highest BCUT2D eigenvalue weighted by molar-refractivity contribution is 4.98. The van der Waals surface area contributed by atoms with Crippen molar-refractivity contribution >= 4 is 0 Å². The predicted octanol–water partition coefficient (Wildman–Crippen LogP) is 3.15. The summed E-state index contributed by atoms with van der Waals surface area (Å²) in [5.41, 5.74) is 0.569. The molecule has 1 heteroatoms. The molecule has 74 valence electrons. The van der Waals surface area contributed by atoms with E-state index in [1.54, 1.807) is 0 Å². The molecule has 1 saturated carbocycles. The van der Waals surface area contributed by atoms with E-state index in [-0.39, 0.29) is 0 Å². The number of rotatable bonds is 2. The van der Waals surface area contributed by atoms with Gasteiger partial charge in [-0.2, -0.15) is 0 Å². The molecule has 0 aromatic heterocycles. The maximum absolute atomic E-state index is 2.40. The molecule has 0 radical (unpaired) electrons. The van der Waals surface area contributed by atoms with Crippen LogP contribution < -0.4 is 0 Å². The van der Waals surface area contributed by atoms with Gasteiger partial charge in [-0.25, -0.2) is 0 Å². The molecule has 1 aliphatic carbocycles. The fraction of sp³-hybridized carbons (Fsp3) is 1.00. The van der Waals surface area contributed by atoms with Crippen molar-refractivity contribution < 1.29 is 0 Å². The molecule has 0 aromatic rings. The van der Waals surface area contributed by atoms with E-state index in [9.17, 15) is 0 Å². The molecule has 1 rings (SSSR count). The summed E-state index contributed by atoms with van der Waals surface area (Å²) in [6.45, 7) is 8.64. The van der Waals surface area contributed by atoms with Crippen LogP contribution in [-0.4, -0.2) is 24.5 Å². The topological polar surface area (TPSA) is 3.24 Å². The zero-order valence-corrected chi connectivity index (χ0v) is 9.65. The summed E-state index contributed by atoms with van der Waals surface area (Å²) in [5.74, 6) is 0.961. The lowest BCUT2D eigenvalue weighted by atomic mass is 9.67. The van der Waals surface area contributed by atoms with E-state index in [0.717, 1.165) is 5.92 Å². The highest BCUT2D eigenvalue weighted by Crippen LogP contribution is 2.43. The first kappa shape index (κ1) is 12.0. The maximum atomic E-state index is 2.40. The quantitative estimate of drug-likeness (QED) is 0.617. The Hall–Kier alpha value is -0.0400. The average molecular weight is 171 g/mol. The van der Waals surface area contributed by atoms with Crippen molar-refractivity contribution in [1.82, 2.24) is 4.90 Å². The van der Waals surface area contributed by atoms with Crippen molar-refractivity contribution in [2.24, 2.45) is 5.92 Å². The van der Waals surface area contributed by atoms with Gasteiger partial charge in [0.05, 0.1) is 0 Å². The summed E-state index contributed by atoms with van der Waals surface area (Å²) in [6.07, 6.45) is 4.11. The lowest BCUT2D eigenvalue weighted by molar-refractivity contribution is 0.0125. The van der Waals surface area contributed by atoms with Gasteiger partial charge in [0.2, 0.25) is 0 Å². The van der Waals surface area contributed by atoms with Gasteiger partial charge < -0.3 is 4.90 Å². The minimum absolute atomic E-state index is 0.569. The molecule has 0 saturated heterocycles. The van der Waals surface area contributed by atoms with Crippen molar-refractivity contribution in [1.29, 1.82) is 0 Å². The lowest BCUT2D eigenvalue weighted by Crippen LogP contribution is -2.53. The van der Waals surface area contributed by atoms with Gasteiger partial charge >= 0.3 is 0 Å². The normalized spacial score (nSPS) is 33.8. The van der Waals surface area contributed by atoms with Gasteiger partial charge in [0.1, 0.15) is 0 Å². The second-order valence-electron chi connectivity index (χ2n) is 3.99. The van der Waals surface area contributed by atoms with Crippen LogP contribution in [0.15, 0.2) is 0 Å². The smallest absolute Gasteiger partial charge is 0.0206 e. The SMILES string of the molecule is CC.CCC1(N(C)C)CC(C)C1. The van der Waals surface area contributed by atoms with Crippen molar-refractivity contribution in [3.8, 4) is 0 Å². The Bertz CT molecular complexity index is 112. The van der Waals surface area contributed by atoms with Gasteiger partial charge in [-0.1, -0.05) is 27.7 Å². The molecule has 0 N–H and O–H groups in total. The summed E-state index contributed by atoms with van der Waals surface area (Å²) >= 11 is 0. The second-order valence-corrected chi connectivity index (χ2v) is 3.99. The Morgan fingerprint density at radius 1 is 1.25 bits per heavy atom. The minimum Gasteiger partial charge on any atom is -0.304 e. The standard InChI is InChI=1S/C9H19N.C2H6/c1-5-9(10(3)4)6-8(2)7-9;1-2/h8H,5-7H2,1-4H3;1-2H3. The highest BCUT2D eigenvalue weighted by atomic mass is 15.2. The van der Waals surface area contributed by atoms with Crippen LogP contribution >= 0.6 is 0 Å². The maximum Gasteiger partial charge on any atom is 0.0206 e. The predicted molar refractivity (Wildman–Crippen MR) is 56.5 cm³/mol. The summed E-state index contributed by atoms with van der Waals surface area (Å²) < 4.78 is 0. The van der Waals surface area contributed by atoms with Gasteiger partial charge in [0.15, 0.2) is 0 Å². The van der Waals surface area contributed by atoms with E-state index in [2.05, 4.69) is 32.8 Å². The summed E-state index contributed by atoms with van der Waals surface area (Å²) in [5, 5.41) is 0. The van der Waals surface area contributed by atoms with Crippen molar-refractivity contribution in [2.75, 3.05) is 14.1 Å². The van der Waals surface area contributed by atoms with E-state index >= 15 is 0 Å². The summed E-state index contributed by atoms with van der Waals surface area (Å²) in [7, 11) is 4.41. The molecule has 0 aromatic carbocycles. The third-order valence-electron chi connectivity index (χ3n) is 3.06. The zero-order valence-electron chi connectivity index (χ0n) is 9.65. The molecule has 0 spiro atoms. The van der Waals surface area contributed by atoms with Crippen molar-refractivity contribution in [2.45, 2.75) is 52.5 Å². The highest BCUT2D eigenvalue weighted by Gasteiger charge is 2.41. The van der Waals surface area contributed by atoms with Gasteiger partial charge in [0.25, 0.3) is 0 Å². The second kappa shape index (κ2) is 4.86. The first-order valence-corrected chi connectivity index (χ1v) is 5.28. The molecule has 0 unspecified atom stereocenters. The van der Waals surface area contributed by atoms with Crippen LogP contribution in [0, 0.1) is 5.92 Å². The van der Waals surface area contributed by atoms with E-state index in [0.29, 0.717) is 5.54 Å². The van der Waals surface area contributed by atoms with E-state index in [1.807, 2.05) is 13.8 Å². The molecule has 1 fully saturated rings. The zero-order chi connectivity index (χ0) is 9.78. The van der Waals surface area contributed by atoms with Gasteiger partial charge in [-0.15, -0.1) is 0 Å². The van der Waals surface area contributed by atoms with Crippen LogP contribution in [0.1, 0.15) is 47.0 Å². The molecule has 12 heavy (non-hydrogen) atoms. The van der Waals surface area contributed by atoms with Crippen molar-refractivity contribution in [3.63, 3.8) is 0 Å². The van der Waals surface area contributed by atoms with Crippen molar-refractivity contribution in [3.05, 3.63) is 0 Å². The number of nitrogens with zero attached hydrogens (tertiary/aromatic N) is 1. The summed E-state index contributed by atoms with van der Waals surface area (Å²) in [6, 6.07) is 0. The molecule has 1 aliphatic rings.